The van der Waals surface area contributed by atoms with Gasteiger partial charge >= 0.3 is 5.97 Å². The van der Waals surface area contributed by atoms with Gasteiger partial charge in [0.1, 0.15) is 0 Å². The molecule has 0 aliphatic heterocycles. The van der Waals surface area contributed by atoms with Gasteiger partial charge in [-0.3, -0.25) is 0 Å². The van der Waals surface area contributed by atoms with Gasteiger partial charge in [0.15, 0.2) is 0 Å². The van der Waals surface area contributed by atoms with Gasteiger partial charge in [-0.15, -0.1) is 0 Å². The van der Waals surface area contributed by atoms with Gasteiger partial charge in [-0.05, 0) is 26.8 Å². The average molecular weight is 154 g/mol. The molecule has 0 aliphatic rings. The van der Waals surface area contributed by atoms with E-state index in [0.717, 1.165) is 5.57 Å². The van der Waals surface area contributed by atoms with Crippen LogP contribution in [0.25, 0.3) is 0 Å². The molecule has 62 valence electrons. The van der Waals surface area contributed by atoms with Crippen molar-refractivity contribution >= 4 is 5.97 Å². The van der Waals surface area contributed by atoms with E-state index in [1.54, 1.807) is 19.9 Å². The molecule has 0 spiro atoms. The summed E-state index contributed by atoms with van der Waals surface area (Å²) in [6, 6.07) is 0. The Labute approximate surface area is 67.6 Å². The van der Waals surface area contributed by atoms with Gasteiger partial charge in [-0.2, -0.15) is 0 Å². The first kappa shape index (κ1) is 9.95. The molecule has 0 amide bonds. The average Bonchev–Trinajstić information content (AvgIpc) is 1.86. The molecule has 0 bridgehead atoms. The first-order valence-corrected chi connectivity index (χ1v) is 3.58. The maximum atomic E-state index is 10.9. The number of allylic oxidation sites excluding steroid dienone is 2. The number of carbonyl (C=O) groups is 1. The lowest BCUT2D eigenvalue weighted by molar-refractivity contribution is -0.138. The fourth-order valence-electron chi connectivity index (χ4n) is 0.673. The third-order valence-corrected chi connectivity index (χ3v) is 1.06. The number of hydrogen-bond donors (Lipinski definition) is 0. The predicted octanol–water partition coefficient (Wildman–Crippen LogP) is 2.07. The molecule has 0 N–H and O–H groups in total. The topological polar surface area (TPSA) is 26.3 Å². The van der Waals surface area contributed by atoms with Crippen molar-refractivity contribution in [3.63, 3.8) is 0 Å². The second kappa shape index (κ2) is 4.72. The molecular weight excluding hydrogens is 140 g/mol. The summed E-state index contributed by atoms with van der Waals surface area (Å²) < 4.78 is 4.76. The van der Waals surface area contributed by atoms with Crippen LogP contribution in [0.2, 0.25) is 0 Å². The van der Waals surface area contributed by atoms with E-state index in [1.165, 1.54) is 0 Å². The number of ether oxygens (including phenoxy) is 1. The van der Waals surface area contributed by atoms with Crippen LogP contribution in [0, 0.1) is 0 Å². The molecule has 0 aromatic carbocycles. The van der Waals surface area contributed by atoms with Gasteiger partial charge in [0.05, 0.1) is 6.61 Å². The van der Waals surface area contributed by atoms with Crippen molar-refractivity contribution < 1.29 is 9.53 Å². The summed E-state index contributed by atoms with van der Waals surface area (Å²) in [5.74, 6) is -0.268. The minimum Gasteiger partial charge on any atom is -0.463 e. The first-order chi connectivity index (χ1) is 5.07. The van der Waals surface area contributed by atoms with Crippen LogP contribution in [0.3, 0.4) is 0 Å². The second-order valence-electron chi connectivity index (χ2n) is 2.39. The quantitative estimate of drug-likeness (QED) is 0.353. The van der Waals surface area contributed by atoms with Crippen LogP contribution in [-0.2, 0) is 9.53 Å². The maximum absolute atomic E-state index is 10.9. The van der Waals surface area contributed by atoms with Gasteiger partial charge in [-0.25, -0.2) is 4.79 Å². The molecule has 2 heteroatoms. The molecule has 0 saturated carbocycles. The molecule has 0 aromatic heterocycles. The Morgan fingerprint density at radius 1 is 1.55 bits per heavy atom. The Morgan fingerprint density at radius 3 is 2.45 bits per heavy atom. The molecule has 0 unspecified atom stereocenters. The van der Waals surface area contributed by atoms with E-state index in [0.29, 0.717) is 12.2 Å². The van der Waals surface area contributed by atoms with Crippen LogP contribution in [0.1, 0.15) is 20.8 Å². The van der Waals surface area contributed by atoms with Crippen LogP contribution >= 0.6 is 0 Å². The molecule has 0 aromatic rings. The molecule has 2 nitrogen and oxygen atoms in total. The highest BCUT2D eigenvalue weighted by molar-refractivity contribution is 5.88. The molecule has 0 rings (SSSR count). The largest absolute Gasteiger partial charge is 0.463 e. The van der Waals surface area contributed by atoms with E-state index in [1.807, 2.05) is 6.92 Å². The molecule has 0 atom stereocenters. The van der Waals surface area contributed by atoms with Crippen molar-refractivity contribution in [2.45, 2.75) is 20.8 Å². The summed E-state index contributed by atoms with van der Waals surface area (Å²) in [6.07, 6.45) is 1.71. The summed E-state index contributed by atoms with van der Waals surface area (Å²) in [5, 5.41) is 0. The molecule has 0 aliphatic carbocycles. The van der Waals surface area contributed by atoms with E-state index in [9.17, 15) is 4.79 Å². The van der Waals surface area contributed by atoms with Crippen LogP contribution in [0.4, 0.5) is 0 Å². The highest BCUT2D eigenvalue weighted by Crippen LogP contribution is 2.00. The third kappa shape index (κ3) is 4.37. The monoisotopic (exact) mass is 154 g/mol. The Hall–Kier alpha value is -1.05. The van der Waals surface area contributed by atoms with Crippen molar-refractivity contribution in [2.24, 2.45) is 0 Å². The summed E-state index contributed by atoms with van der Waals surface area (Å²) in [6.45, 7) is 9.40. The number of hydrogen-bond acceptors (Lipinski definition) is 2. The van der Waals surface area contributed by atoms with Crippen molar-refractivity contribution in [1.82, 2.24) is 0 Å². The zero-order valence-electron chi connectivity index (χ0n) is 7.31. The number of carbonyl (C=O) groups excluding carboxylic acids is 1. The third-order valence-electron chi connectivity index (χ3n) is 1.06. The Bertz CT molecular complexity index is 190. The molecule has 11 heavy (non-hydrogen) atoms. The zero-order chi connectivity index (χ0) is 8.85. The lowest BCUT2D eigenvalue weighted by atomic mass is 10.2. The van der Waals surface area contributed by atoms with E-state index < -0.39 is 0 Å². The molecule has 0 radical (unpaired) electrons. The summed E-state index contributed by atoms with van der Waals surface area (Å²) >= 11 is 0. The maximum Gasteiger partial charge on any atom is 0.333 e. The van der Waals surface area contributed by atoms with Gasteiger partial charge in [-0.1, -0.05) is 12.2 Å². The highest BCUT2D eigenvalue weighted by Gasteiger charge is 2.02. The lowest BCUT2D eigenvalue weighted by Crippen LogP contribution is -2.04. The number of rotatable bonds is 3. The zero-order valence-corrected chi connectivity index (χ0v) is 7.31. The lowest BCUT2D eigenvalue weighted by Gasteiger charge is -2.00. The van der Waals surface area contributed by atoms with Gasteiger partial charge in [0.25, 0.3) is 0 Å². The highest BCUT2D eigenvalue weighted by atomic mass is 16.5. The van der Waals surface area contributed by atoms with E-state index in [-0.39, 0.29) is 5.97 Å². The molecule has 0 saturated heterocycles. The normalized spacial score (nSPS) is 11.0. The second-order valence-corrected chi connectivity index (χ2v) is 2.39. The fraction of sp³-hybridized carbons (Fsp3) is 0.444. The van der Waals surface area contributed by atoms with Gasteiger partial charge in [0.2, 0.25) is 0 Å². The standard InChI is InChI=1S/C9H14O2/c1-5-11-9(10)8(4)6-7(2)3/h6H,2,5H2,1,3-4H3/b8-6-. The summed E-state index contributed by atoms with van der Waals surface area (Å²) in [5.41, 5.74) is 1.45. The van der Waals surface area contributed by atoms with Crippen molar-refractivity contribution in [3.8, 4) is 0 Å². The van der Waals surface area contributed by atoms with Crippen LogP contribution in [-0.4, -0.2) is 12.6 Å². The smallest absolute Gasteiger partial charge is 0.333 e. The predicted molar refractivity (Wildman–Crippen MR) is 45.2 cm³/mol. The van der Waals surface area contributed by atoms with Crippen molar-refractivity contribution in [2.75, 3.05) is 6.61 Å². The minimum absolute atomic E-state index is 0.268. The first-order valence-electron chi connectivity index (χ1n) is 3.58. The van der Waals surface area contributed by atoms with Gasteiger partial charge < -0.3 is 4.74 Å². The number of esters is 1. The summed E-state index contributed by atoms with van der Waals surface area (Å²) in [4.78, 5) is 10.9. The Kier molecular flexibility index (Phi) is 4.27. The van der Waals surface area contributed by atoms with Crippen LogP contribution in [0.5, 0.6) is 0 Å². The van der Waals surface area contributed by atoms with Crippen LogP contribution in [0.15, 0.2) is 23.8 Å². The SMILES string of the molecule is C=C(C)/C=C(/C)C(=O)OCC. The van der Waals surface area contributed by atoms with E-state index in [2.05, 4.69) is 6.58 Å². The van der Waals surface area contributed by atoms with Crippen molar-refractivity contribution in [3.05, 3.63) is 23.8 Å². The molecule has 0 heterocycles. The van der Waals surface area contributed by atoms with Gasteiger partial charge in [0, 0.05) is 5.57 Å². The molecule has 0 fully saturated rings. The Balaban J connectivity index is 4.12. The van der Waals surface area contributed by atoms with Crippen LogP contribution < -0.4 is 0 Å². The molecular formula is C9H14O2. The minimum atomic E-state index is -0.268. The summed E-state index contributed by atoms with van der Waals surface area (Å²) in [7, 11) is 0. The Morgan fingerprint density at radius 2 is 2.09 bits per heavy atom. The van der Waals surface area contributed by atoms with E-state index in [4.69, 9.17) is 4.74 Å². The van der Waals surface area contributed by atoms with E-state index >= 15 is 0 Å². The van der Waals surface area contributed by atoms with Crippen molar-refractivity contribution in [1.29, 1.82) is 0 Å². The fourth-order valence-corrected chi connectivity index (χ4v) is 0.673.